The lowest BCUT2D eigenvalue weighted by atomic mass is 9.96. The number of ether oxygens (including phenoxy) is 2. The number of carbonyl (C=O) groups excluding carboxylic acids is 1. The molecular weight excluding hydrogens is 573 g/mol. The molecule has 0 bridgehead atoms. The SMILES string of the molecule is CC(C)(C)OC(=O)N1CCN(c2nc(OC3CCNCC3)nc3c(F)c(-c4cc(O)cc5ccccc45)c(Cl)cc23)CC1. The number of benzene rings is 3. The Morgan fingerprint density at radius 2 is 1.77 bits per heavy atom. The summed E-state index contributed by atoms with van der Waals surface area (Å²) in [5.41, 5.74) is 0.0981. The van der Waals surface area contributed by atoms with Gasteiger partial charge in [-0.05, 0) is 81.2 Å². The average molecular weight is 608 g/mol. The summed E-state index contributed by atoms with van der Waals surface area (Å²) in [4.78, 5) is 25.7. The van der Waals surface area contributed by atoms with Crippen molar-refractivity contribution in [1.29, 1.82) is 0 Å². The lowest BCUT2D eigenvalue weighted by Crippen LogP contribution is -2.50. The quantitative estimate of drug-likeness (QED) is 0.286. The highest BCUT2D eigenvalue weighted by molar-refractivity contribution is 6.35. The van der Waals surface area contributed by atoms with Gasteiger partial charge < -0.3 is 29.7 Å². The molecule has 3 heterocycles. The molecular formula is C32H35ClFN5O4. The van der Waals surface area contributed by atoms with Crippen molar-refractivity contribution in [1.82, 2.24) is 20.2 Å². The van der Waals surface area contributed by atoms with Crippen molar-refractivity contribution < 1.29 is 23.8 Å². The first-order chi connectivity index (χ1) is 20.6. The molecule has 0 unspecified atom stereocenters. The van der Waals surface area contributed by atoms with Crippen LogP contribution in [0.15, 0.2) is 42.5 Å². The van der Waals surface area contributed by atoms with Gasteiger partial charge >= 0.3 is 12.1 Å². The third-order valence-corrected chi connectivity index (χ3v) is 8.05. The number of fused-ring (bicyclic) bond motifs is 2. The van der Waals surface area contributed by atoms with E-state index in [2.05, 4.69) is 10.3 Å². The molecule has 0 saturated carbocycles. The Morgan fingerprint density at radius 3 is 2.49 bits per heavy atom. The molecule has 2 aliphatic rings. The summed E-state index contributed by atoms with van der Waals surface area (Å²) in [6.07, 6.45) is 1.11. The van der Waals surface area contributed by atoms with Gasteiger partial charge in [0.2, 0.25) is 0 Å². The zero-order valence-electron chi connectivity index (χ0n) is 24.5. The van der Waals surface area contributed by atoms with Crippen molar-refractivity contribution in [2.24, 2.45) is 0 Å². The van der Waals surface area contributed by atoms with Gasteiger partial charge in [0.05, 0.1) is 5.02 Å². The van der Waals surface area contributed by atoms with Gasteiger partial charge in [-0.3, -0.25) is 0 Å². The number of nitrogens with zero attached hydrogens (tertiary/aromatic N) is 4. The highest BCUT2D eigenvalue weighted by atomic mass is 35.5. The third kappa shape index (κ3) is 6.12. The maximum Gasteiger partial charge on any atom is 0.410 e. The van der Waals surface area contributed by atoms with Crippen molar-refractivity contribution in [3.05, 3.63) is 53.3 Å². The molecule has 11 heteroatoms. The average Bonchev–Trinajstić information content (AvgIpc) is 2.97. The first kappa shape index (κ1) is 29.2. The van der Waals surface area contributed by atoms with Crippen molar-refractivity contribution in [3.8, 4) is 22.9 Å². The highest BCUT2D eigenvalue weighted by Crippen LogP contribution is 2.42. The van der Waals surface area contributed by atoms with E-state index in [4.69, 9.17) is 26.1 Å². The molecule has 2 saturated heterocycles. The summed E-state index contributed by atoms with van der Waals surface area (Å²) < 4.78 is 28.5. The molecule has 4 aromatic rings. The number of hydrogen-bond donors (Lipinski definition) is 2. The van der Waals surface area contributed by atoms with E-state index in [0.29, 0.717) is 42.9 Å². The lowest BCUT2D eigenvalue weighted by molar-refractivity contribution is 0.0240. The Balaban J connectivity index is 1.43. The number of piperidine rings is 1. The van der Waals surface area contributed by atoms with E-state index in [1.54, 1.807) is 17.0 Å². The van der Waals surface area contributed by atoms with Gasteiger partial charge in [-0.25, -0.2) is 9.18 Å². The van der Waals surface area contributed by atoms with E-state index in [1.165, 1.54) is 6.07 Å². The van der Waals surface area contributed by atoms with Crippen LogP contribution in [0.1, 0.15) is 33.6 Å². The Kier molecular flexibility index (Phi) is 7.91. The number of aromatic hydroxyl groups is 1. The third-order valence-electron chi connectivity index (χ3n) is 7.75. The molecule has 0 spiro atoms. The van der Waals surface area contributed by atoms with Crippen LogP contribution in [0.4, 0.5) is 15.0 Å². The van der Waals surface area contributed by atoms with Gasteiger partial charge in [-0.2, -0.15) is 9.97 Å². The number of hydrogen-bond acceptors (Lipinski definition) is 8. The normalized spacial score (nSPS) is 16.6. The van der Waals surface area contributed by atoms with Crippen LogP contribution in [0.3, 0.4) is 0 Å². The molecule has 9 nitrogen and oxygen atoms in total. The summed E-state index contributed by atoms with van der Waals surface area (Å²) in [5.74, 6) is -0.124. The Bertz CT molecular complexity index is 1680. The summed E-state index contributed by atoms with van der Waals surface area (Å²) in [6, 6.07) is 12.4. The zero-order valence-corrected chi connectivity index (χ0v) is 25.2. The summed E-state index contributed by atoms with van der Waals surface area (Å²) in [5, 5.41) is 15.9. The smallest absolute Gasteiger partial charge is 0.410 e. The van der Waals surface area contributed by atoms with Gasteiger partial charge in [-0.1, -0.05) is 35.9 Å². The monoisotopic (exact) mass is 607 g/mol. The minimum atomic E-state index is -0.621. The van der Waals surface area contributed by atoms with Crippen molar-refractivity contribution in [2.75, 3.05) is 44.2 Å². The summed E-state index contributed by atoms with van der Waals surface area (Å²) in [6.45, 7) is 8.88. The number of nitrogens with one attached hydrogen (secondary N) is 1. The maximum absolute atomic E-state index is 16.7. The second kappa shape index (κ2) is 11.7. The number of rotatable bonds is 4. The van der Waals surface area contributed by atoms with E-state index in [0.717, 1.165) is 36.7 Å². The van der Waals surface area contributed by atoms with E-state index < -0.39 is 11.4 Å². The van der Waals surface area contributed by atoms with Gasteiger partial charge in [-0.15, -0.1) is 0 Å². The fraction of sp³-hybridized carbons (Fsp3) is 0.406. The second-order valence-corrected chi connectivity index (χ2v) is 12.4. The van der Waals surface area contributed by atoms with Gasteiger partial charge in [0.25, 0.3) is 0 Å². The number of amides is 1. The fourth-order valence-electron chi connectivity index (χ4n) is 5.69. The molecule has 3 aromatic carbocycles. The topological polar surface area (TPSA) is 100 Å². The first-order valence-corrected chi connectivity index (χ1v) is 15.0. The van der Waals surface area contributed by atoms with E-state index in [9.17, 15) is 9.90 Å². The standard InChI is InChI=1S/C32H35ClFN5O4/c1-32(2,3)43-31(41)39-14-12-38(13-15-39)29-24-18-25(33)26(23-17-20(40)16-19-6-4-5-7-22(19)23)27(34)28(24)36-30(37-29)42-21-8-10-35-11-9-21/h4-7,16-18,21,35,40H,8-15H2,1-3H3. The van der Waals surface area contributed by atoms with Crippen LogP contribution in [0.2, 0.25) is 5.02 Å². The molecule has 6 rings (SSSR count). The molecule has 1 aromatic heterocycles. The Labute approximate surface area is 254 Å². The highest BCUT2D eigenvalue weighted by Gasteiger charge is 2.29. The van der Waals surface area contributed by atoms with Crippen molar-refractivity contribution >= 4 is 45.2 Å². The van der Waals surface area contributed by atoms with E-state index in [1.807, 2.05) is 49.9 Å². The molecule has 0 atom stereocenters. The van der Waals surface area contributed by atoms with Crippen LogP contribution in [-0.2, 0) is 4.74 Å². The molecule has 2 fully saturated rings. The molecule has 43 heavy (non-hydrogen) atoms. The van der Waals surface area contributed by atoms with Crippen molar-refractivity contribution in [3.63, 3.8) is 0 Å². The molecule has 1 amide bonds. The van der Waals surface area contributed by atoms with Crippen LogP contribution in [0.5, 0.6) is 11.8 Å². The Hall–Kier alpha value is -3.89. The molecule has 2 aliphatic heterocycles. The van der Waals surface area contributed by atoms with Crippen LogP contribution in [0, 0.1) is 5.82 Å². The first-order valence-electron chi connectivity index (χ1n) is 14.6. The number of carbonyl (C=O) groups is 1. The minimum absolute atomic E-state index is 0.00503. The van der Waals surface area contributed by atoms with E-state index >= 15 is 4.39 Å². The van der Waals surface area contributed by atoms with Crippen LogP contribution >= 0.6 is 11.6 Å². The minimum Gasteiger partial charge on any atom is -0.508 e. The summed E-state index contributed by atoms with van der Waals surface area (Å²) >= 11 is 6.82. The van der Waals surface area contributed by atoms with Crippen LogP contribution in [0.25, 0.3) is 32.8 Å². The number of piperazine rings is 1. The zero-order chi connectivity index (χ0) is 30.3. The number of aromatic nitrogens is 2. The number of halogens is 2. The van der Waals surface area contributed by atoms with Crippen LogP contribution in [-0.4, -0.2) is 77.0 Å². The predicted octanol–water partition coefficient (Wildman–Crippen LogP) is 6.14. The largest absolute Gasteiger partial charge is 0.508 e. The van der Waals surface area contributed by atoms with Crippen LogP contribution < -0.4 is 15.0 Å². The summed E-state index contributed by atoms with van der Waals surface area (Å²) in [7, 11) is 0. The molecule has 226 valence electrons. The predicted molar refractivity (Wildman–Crippen MR) is 166 cm³/mol. The lowest BCUT2D eigenvalue weighted by Gasteiger charge is -2.36. The van der Waals surface area contributed by atoms with E-state index in [-0.39, 0.29) is 40.1 Å². The van der Waals surface area contributed by atoms with Gasteiger partial charge in [0, 0.05) is 37.1 Å². The maximum atomic E-state index is 16.7. The Morgan fingerprint density at radius 1 is 1.05 bits per heavy atom. The van der Waals surface area contributed by atoms with Crippen molar-refractivity contribution in [2.45, 2.75) is 45.3 Å². The molecule has 0 radical (unpaired) electrons. The molecule has 0 aliphatic carbocycles. The van der Waals surface area contributed by atoms with Gasteiger partial charge in [0.1, 0.15) is 28.8 Å². The molecule has 2 N–H and O–H groups in total. The number of phenols is 1. The number of phenolic OH excluding ortho intramolecular Hbond substituents is 1. The fourth-order valence-corrected chi connectivity index (χ4v) is 5.99. The number of anilines is 1. The van der Waals surface area contributed by atoms with Gasteiger partial charge in [0.15, 0.2) is 5.82 Å². The second-order valence-electron chi connectivity index (χ2n) is 12.0.